The molecule has 4 rings (SSSR count). The highest BCUT2D eigenvalue weighted by atomic mass is 16.5. The molecule has 0 aliphatic carbocycles. The lowest BCUT2D eigenvalue weighted by atomic mass is 10.1. The van der Waals surface area contributed by atoms with Gasteiger partial charge in [-0.1, -0.05) is 42.5 Å². The summed E-state index contributed by atoms with van der Waals surface area (Å²) >= 11 is 0. The lowest BCUT2D eigenvalue weighted by Crippen LogP contribution is -2.45. The number of likely N-dealkylation sites (tertiary alicyclic amines) is 1. The lowest BCUT2D eigenvalue weighted by Gasteiger charge is -2.22. The smallest absolute Gasteiger partial charge is 0.273 e. The fourth-order valence-electron chi connectivity index (χ4n) is 3.55. The van der Waals surface area contributed by atoms with E-state index >= 15 is 0 Å². The van der Waals surface area contributed by atoms with Crippen LogP contribution in [0.15, 0.2) is 66.7 Å². The Balaban J connectivity index is 1.59. The molecule has 2 amide bonds. The maximum absolute atomic E-state index is 13.1. The second-order valence-corrected chi connectivity index (χ2v) is 6.77. The van der Waals surface area contributed by atoms with Crippen LogP contribution in [0.2, 0.25) is 0 Å². The van der Waals surface area contributed by atoms with Crippen molar-refractivity contribution < 1.29 is 14.3 Å². The molecular formula is C22H21N3O3. The fraction of sp³-hybridized carbons (Fsp3) is 0.227. The van der Waals surface area contributed by atoms with Crippen molar-refractivity contribution in [2.75, 3.05) is 13.6 Å². The predicted molar refractivity (Wildman–Crippen MR) is 106 cm³/mol. The van der Waals surface area contributed by atoms with E-state index in [1.807, 2.05) is 60.7 Å². The number of likely N-dealkylation sites (N-methyl/N-ethyl adjacent to an activating group) is 1. The Morgan fingerprint density at radius 1 is 1.04 bits per heavy atom. The third-order valence-corrected chi connectivity index (χ3v) is 4.94. The summed E-state index contributed by atoms with van der Waals surface area (Å²) in [5.74, 6) is 0.258. The van der Waals surface area contributed by atoms with Crippen LogP contribution in [0, 0.1) is 0 Å². The van der Waals surface area contributed by atoms with Crippen molar-refractivity contribution in [2.24, 2.45) is 0 Å². The fourth-order valence-corrected chi connectivity index (χ4v) is 3.55. The minimum Gasteiger partial charge on any atom is -0.488 e. The number of benzene rings is 2. The maximum atomic E-state index is 13.1. The SMILES string of the molecule is CNC(=O)[C@@H]1C[C@H](Oc2ccccc2)CN1C(=O)c1ccc2ccccc2n1. The normalized spacial score (nSPS) is 18.8. The summed E-state index contributed by atoms with van der Waals surface area (Å²) in [6.07, 6.45) is 0.183. The number of rotatable bonds is 4. The van der Waals surface area contributed by atoms with E-state index in [4.69, 9.17) is 4.74 Å². The van der Waals surface area contributed by atoms with E-state index in [0.717, 1.165) is 16.7 Å². The van der Waals surface area contributed by atoms with Gasteiger partial charge >= 0.3 is 0 Å². The van der Waals surface area contributed by atoms with Gasteiger partial charge in [0.15, 0.2) is 0 Å². The van der Waals surface area contributed by atoms with Gasteiger partial charge in [-0.25, -0.2) is 4.98 Å². The Kier molecular flexibility index (Phi) is 4.93. The number of hydrogen-bond donors (Lipinski definition) is 1. The van der Waals surface area contributed by atoms with Crippen molar-refractivity contribution in [1.82, 2.24) is 15.2 Å². The molecule has 1 aliphatic heterocycles. The number of amides is 2. The molecule has 2 atom stereocenters. The molecule has 28 heavy (non-hydrogen) atoms. The summed E-state index contributed by atoms with van der Waals surface area (Å²) in [7, 11) is 1.57. The van der Waals surface area contributed by atoms with E-state index < -0.39 is 6.04 Å². The van der Waals surface area contributed by atoms with Crippen LogP contribution in [0.4, 0.5) is 0 Å². The molecule has 1 saturated heterocycles. The molecule has 6 nitrogen and oxygen atoms in total. The molecule has 0 radical (unpaired) electrons. The van der Waals surface area contributed by atoms with Crippen molar-refractivity contribution >= 4 is 22.7 Å². The number of ether oxygens (including phenoxy) is 1. The van der Waals surface area contributed by atoms with Gasteiger partial charge in [0.05, 0.1) is 12.1 Å². The summed E-state index contributed by atoms with van der Waals surface area (Å²) in [5, 5.41) is 3.61. The van der Waals surface area contributed by atoms with Gasteiger partial charge in [-0.15, -0.1) is 0 Å². The second kappa shape index (κ2) is 7.68. The van der Waals surface area contributed by atoms with Crippen LogP contribution in [-0.2, 0) is 4.79 Å². The van der Waals surface area contributed by atoms with E-state index in [1.54, 1.807) is 18.0 Å². The zero-order chi connectivity index (χ0) is 19.5. The molecule has 0 bridgehead atoms. The van der Waals surface area contributed by atoms with Crippen LogP contribution in [0.25, 0.3) is 10.9 Å². The Morgan fingerprint density at radius 3 is 2.57 bits per heavy atom. The second-order valence-electron chi connectivity index (χ2n) is 6.77. The van der Waals surface area contributed by atoms with E-state index in [1.165, 1.54) is 0 Å². The monoisotopic (exact) mass is 375 g/mol. The quantitative estimate of drug-likeness (QED) is 0.761. The number of hydrogen-bond acceptors (Lipinski definition) is 4. The number of pyridine rings is 1. The zero-order valence-corrected chi connectivity index (χ0v) is 15.5. The van der Waals surface area contributed by atoms with E-state index in [-0.39, 0.29) is 17.9 Å². The van der Waals surface area contributed by atoms with E-state index in [2.05, 4.69) is 10.3 Å². The standard InChI is InChI=1S/C22H21N3O3/c1-23-21(26)20-13-17(28-16-8-3-2-4-9-16)14-25(20)22(27)19-12-11-15-7-5-6-10-18(15)24-19/h2-12,17,20H,13-14H2,1H3,(H,23,26)/t17-,20-/m0/s1. The average Bonchev–Trinajstić information content (AvgIpc) is 3.16. The Bertz CT molecular complexity index is 1010. The van der Waals surface area contributed by atoms with Crippen molar-refractivity contribution in [3.8, 4) is 5.75 Å². The summed E-state index contributed by atoms with van der Waals surface area (Å²) in [6.45, 7) is 0.334. The van der Waals surface area contributed by atoms with Crippen LogP contribution < -0.4 is 10.1 Å². The molecule has 1 N–H and O–H groups in total. The average molecular weight is 375 g/mol. The molecule has 3 aromatic rings. The molecule has 0 unspecified atom stereocenters. The van der Waals surface area contributed by atoms with Crippen molar-refractivity contribution in [1.29, 1.82) is 0 Å². The van der Waals surface area contributed by atoms with Crippen molar-refractivity contribution in [3.63, 3.8) is 0 Å². The first-order chi connectivity index (χ1) is 13.7. The van der Waals surface area contributed by atoms with Crippen LogP contribution >= 0.6 is 0 Å². The largest absolute Gasteiger partial charge is 0.488 e. The molecule has 6 heteroatoms. The number of carbonyl (C=O) groups excluding carboxylic acids is 2. The molecular weight excluding hydrogens is 354 g/mol. The predicted octanol–water partition coefficient (Wildman–Crippen LogP) is 2.64. The van der Waals surface area contributed by atoms with Crippen molar-refractivity contribution in [2.45, 2.75) is 18.6 Å². The van der Waals surface area contributed by atoms with Gasteiger partial charge in [-0.05, 0) is 24.3 Å². The minimum atomic E-state index is -0.584. The first kappa shape index (κ1) is 18.0. The summed E-state index contributed by atoms with van der Waals surface area (Å²) < 4.78 is 5.99. The van der Waals surface area contributed by atoms with Gasteiger partial charge < -0.3 is 15.0 Å². The molecule has 0 saturated carbocycles. The van der Waals surface area contributed by atoms with Gasteiger partial charge in [0, 0.05) is 18.9 Å². The molecule has 0 spiro atoms. The topological polar surface area (TPSA) is 71.5 Å². The molecule has 1 aromatic heterocycles. The molecule has 142 valence electrons. The highest BCUT2D eigenvalue weighted by Crippen LogP contribution is 2.25. The summed E-state index contributed by atoms with van der Waals surface area (Å²) in [5.41, 5.74) is 1.08. The van der Waals surface area contributed by atoms with Gasteiger partial charge in [0.25, 0.3) is 5.91 Å². The number of para-hydroxylation sites is 2. The van der Waals surface area contributed by atoms with Gasteiger partial charge in [0.1, 0.15) is 23.6 Å². The first-order valence-corrected chi connectivity index (χ1v) is 9.26. The maximum Gasteiger partial charge on any atom is 0.273 e. The van der Waals surface area contributed by atoms with E-state index in [0.29, 0.717) is 18.7 Å². The summed E-state index contributed by atoms with van der Waals surface area (Å²) in [6, 6.07) is 20.1. The minimum absolute atomic E-state index is 0.201. The molecule has 1 aliphatic rings. The Hall–Kier alpha value is -3.41. The van der Waals surface area contributed by atoms with Gasteiger partial charge in [-0.2, -0.15) is 0 Å². The molecule has 2 aromatic carbocycles. The van der Waals surface area contributed by atoms with Crippen molar-refractivity contribution in [3.05, 3.63) is 72.4 Å². The van der Waals surface area contributed by atoms with Gasteiger partial charge in [0.2, 0.25) is 5.91 Å². The zero-order valence-electron chi connectivity index (χ0n) is 15.5. The third kappa shape index (κ3) is 3.53. The number of fused-ring (bicyclic) bond motifs is 1. The number of nitrogens with one attached hydrogen (secondary N) is 1. The number of carbonyl (C=O) groups is 2. The molecule has 1 fully saturated rings. The number of aromatic nitrogens is 1. The highest BCUT2D eigenvalue weighted by Gasteiger charge is 2.41. The van der Waals surface area contributed by atoms with Gasteiger partial charge in [-0.3, -0.25) is 9.59 Å². The molecule has 2 heterocycles. The van der Waals surface area contributed by atoms with E-state index in [9.17, 15) is 9.59 Å². The Morgan fingerprint density at radius 2 is 1.79 bits per heavy atom. The van der Waals surface area contributed by atoms with Crippen LogP contribution in [0.1, 0.15) is 16.9 Å². The third-order valence-electron chi connectivity index (χ3n) is 4.94. The first-order valence-electron chi connectivity index (χ1n) is 9.26. The lowest BCUT2D eigenvalue weighted by molar-refractivity contribution is -0.124. The highest BCUT2D eigenvalue weighted by molar-refractivity contribution is 5.98. The van der Waals surface area contributed by atoms with Crippen LogP contribution in [0.3, 0.4) is 0 Å². The van der Waals surface area contributed by atoms with Crippen LogP contribution in [0.5, 0.6) is 5.75 Å². The van der Waals surface area contributed by atoms with Crippen LogP contribution in [-0.4, -0.2) is 47.4 Å². The number of nitrogens with zero attached hydrogens (tertiary/aromatic N) is 2. The summed E-state index contributed by atoms with van der Waals surface area (Å²) in [4.78, 5) is 31.6. The Labute approximate surface area is 163 Å².